The predicted octanol–water partition coefficient (Wildman–Crippen LogP) is 4.98. The number of carbonyl (C=O) groups is 1. The number of halogens is 1. The first-order valence-corrected chi connectivity index (χ1v) is 12.3. The number of nitrogens with one attached hydrogen (secondary N) is 2. The topological polar surface area (TPSA) is 97.4 Å². The van der Waals surface area contributed by atoms with E-state index in [-0.39, 0.29) is 28.7 Å². The van der Waals surface area contributed by atoms with Crippen molar-refractivity contribution in [1.29, 1.82) is 0 Å². The molecule has 0 aliphatic carbocycles. The molecule has 35 heavy (non-hydrogen) atoms. The Kier molecular flexibility index (Phi) is 6.70. The van der Waals surface area contributed by atoms with Gasteiger partial charge in [-0.1, -0.05) is 18.2 Å². The molecule has 0 aliphatic heterocycles. The Morgan fingerprint density at radius 1 is 1.03 bits per heavy atom. The van der Waals surface area contributed by atoms with Crippen molar-refractivity contribution < 1.29 is 22.3 Å². The van der Waals surface area contributed by atoms with Crippen LogP contribution in [0.15, 0.2) is 71.6 Å². The van der Waals surface area contributed by atoms with Crippen molar-refractivity contribution in [2.24, 2.45) is 0 Å². The van der Waals surface area contributed by atoms with Gasteiger partial charge in [-0.15, -0.1) is 0 Å². The highest BCUT2D eigenvalue weighted by molar-refractivity contribution is 7.92. The van der Waals surface area contributed by atoms with E-state index >= 15 is 0 Å². The van der Waals surface area contributed by atoms with Crippen molar-refractivity contribution in [3.05, 3.63) is 89.4 Å². The number of nitrogens with zero attached hydrogens (tertiary/aromatic N) is 1. The van der Waals surface area contributed by atoms with Gasteiger partial charge < -0.3 is 10.1 Å². The van der Waals surface area contributed by atoms with Crippen LogP contribution in [0.5, 0.6) is 5.75 Å². The third-order valence-corrected chi connectivity index (χ3v) is 7.06. The lowest BCUT2D eigenvalue weighted by molar-refractivity contribution is -0.115. The van der Waals surface area contributed by atoms with Crippen LogP contribution in [0.3, 0.4) is 0 Å². The molecule has 0 bridgehead atoms. The van der Waals surface area contributed by atoms with E-state index in [2.05, 4.69) is 15.0 Å². The van der Waals surface area contributed by atoms with E-state index in [0.717, 1.165) is 52.0 Å². The number of para-hydroxylation sites is 1. The molecule has 3 aromatic carbocycles. The van der Waals surface area contributed by atoms with Crippen molar-refractivity contribution in [1.82, 2.24) is 4.98 Å². The largest absolute Gasteiger partial charge is 0.495 e. The molecule has 0 spiro atoms. The summed E-state index contributed by atoms with van der Waals surface area (Å²) in [4.78, 5) is 17.4. The van der Waals surface area contributed by atoms with Crippen molar-refractivity contribution in [3.8, 4) is 5.75 Å². The quantitative estimate of drug-likeness (QED) is 0.378. The molecule has 180 valence electrons. The van der Waals surface area contributed by atoms with E-state index < -0.39 is 15.8 Å². The van der Waals surface area contributed by atoms with Crippen LogP contribution < -0.4 is 14.8 Å². The minimum atomic E-state index is -4.01. The minimum absolute atomic E-state index is 0.106. The number of amides is 1. The van der Waals surface area contributed by atoms with Crippen LogP contribution in [0.4, 0.5) is 15.8 Å². The van der Waals surface area contributed by atoms with Crippen LogP contribution >= 0.6 is 0 Å². The highest BCUT2D eigenvalue weighted by atomic mass is 32.2. The van der Waals surface area contributed by atoms with Crippen LogP contribution in [0, 0.1) is 19.7 Å². The van der Waals surface area contributed by atoms with Crippen LogP contribution in [0.2, 0.25) is 0 Å². The molecule has 0 unspecified atom stereocenters. The molecule has 0 aliphatic rings. The maximum atomic E-state index is 13.2. The number of aryl methyl sites for hydroxylation is 2. The summed E-state index contributed by atoms with van der Waals surface area (Å²) >= 11 is 0. The number of anilines is 2. The summed E-state index contributed by atoms with van der Waals surface area (Å²) in [6, 6.07) is 16.9. The van der Waals surface area contributed by atoms with Gasteiger partial charge in [-0.25, -0.2) is 12.8 Å². The van der Waals surface area contributed by atoms with Crippen LogP contribution in [-0.4, -0.2) is 26.4 Å². The summed E-state index contributed by atoms with van der Waals surface area (Å²) in [6.07, 6.45) is 0.109. The monoisotopic (exact) mass is 493 g/mol. The molecular formula is C26H24FN3O4S. The predicted molar refractivity (Wildman–Crippen MR) is 134 cm³/mol. The maximum Gasteiger partial charge on any atom is 0.262 e. The zero-order chi connectivity index (χ0) is 25.2. The molecule has 0 fully saturated rings. The summed E-state index contributed by atoms with van der Waals surface area (Å²) in [5.74, 6) is -0.553. The van der Waals surface area contributed by atoms with E-state index in [1.54, 1.807) is 12.1 Å². The number of methoxy groups -OCH3 is 1. The second-order valence-corrected chi connectivity index (χ2v) is 9.70. The molecule has 9 heteroatoms. The molecule has 1 aromatic heterocycles. The molecule has 2 N–H and O–H groups in total. The van der Waals surface area contributed by atoms with Crippen molar-refractivity contribution in [2.75, 3.05) is 17.1 Å². The van der Waals surface area contributed by atoms with Crippen LogP contribution in [0.1, 0.15) is 16.8 Å². The van der Waals surface area contributed by atoms with E-state index in [9.17, 15) is 17.6 Å². The van der Waals surface area contributed by atoms with E-state index in [4.69, 9.17) is 4.74 Å². The summed E-state index contributed by atoms with van der Waals surface area (Å²) in [5, 5.41) is 3.80. The van der Waals surface area contributed by atoms with Gasteiger partial charge in [-0.3, -0.25) is 14.5 Å². The fourth-order valence-electron chi connectivity index (χ4n) is 3.88. The van der Waals surface area contributed by atoms with Gasteiger partial charge in [-0.2, -0.15) is 0 Å². The lowest BCUT2D eigenvalue weighted by Crippen LogP contribution is -2.17. The normalized spacial score (nSPS) is 11.3. The van der Waals surface area contributed by atoms with E-state index in [1.165, 1.54) is 13.2 Å². The molecule has 0 saturated carbocycles. The van der Waals surface area contributed by atoms with Crippen LogP contribution in [-0.2, 0) is 21.2 Å². The van der Waals surface area contributed by atoms with Crippen molar-refractivity contribution >= 4 is 38.2 Å². The first-order valence-electron chi connectivity index (χ1n) is 10.8. The number of ether oxygens (including phenoxy) is 1. The zero-order valence-electron chi connectivity index (χ0n) is 19.4. The molecule has 4 aromatic rings. The second kappa shape index (κ2) is 9.71. The number of hydrogen-bond acceptors (Lipinski definition) is 5. The van der Waals surface area contributed by atoms with E-state index in [0.29, 0.717) is 5.69 Å². The second-order valence-electron chi connectivity index (χ2n) is 8.02. The maximum absolute atomic E-state index is 13.2. The number of hydrogen-bond donors (Lipinski definition) is 2. The molecule has 7 nitrogen and oxygen atoms in total. The molecule has 1 heterocycles. The Balaban J connectivity index is 1.56. The number of pyridine rings is 1. The highest BCUT2D eigenvalue weighted by Gasteiger charge is 2.18. The van der Waals surface area contributed by atoms with Gasteiger partial charge in [0.1, 0.15) is 11.6 Å². The molecule has 0 radical (unpaired) electrons. The van der Waals surface area contributed by atoms with Gasteiger partial charge in [0.25, 0.3) is 10.0 Å². The Morgan fingerprint density at radius 3 is 2.46 bits per heavy atom. The van der Waals surface area contributed by atoms with Crippen LogP contribution in [0.25, 0.3) is 10.9 Å². The average Bonchev–Trinajstić information content (AvgIpc) is 2.82. The molecule has 0 saturated heterocycles. The highest BCUT2D eigenvalue weighted by Crippen LogP contribution is 2.30. The first-order chi connectivity index (χ1) is 16.7. The number of fused-ring (bicyclic) bond motifs is 1. The third-order valence-electron chi connectivity index (χ3n) is 5.67. The number of carbonyl (C=O) groups excluding carboxylic acids is 1. The Labute approximate surface area is 203 Å². The van der Waals surface area contributed by atoms with E-state index in [1.807, 2.05) is 38.1 Å². The fourth-order valence-corrected chi connectivity index (χ4v) is 4.94. The smallest absolute Gasteiger partial charge is 0.262 e. The standard InChI is InChI=1S/C26H24FN3O4S/c1-16-21-6-4-5-7-23(21)28-17(2)22(16)15-26(31)29-19-10-13-25(34-3)24(14-19)30-35(32,33)20-11-8-18(27)9-12-20/h4-14,30H,15H2,1-3H3,(H,29,31). The summed E-state index contributed by atoms with van der Waals surface area (Å²) in [5.41, 5.74) is 4.00. The number of benzene rings is 3. The van der Waals surface area contributed by atoms with Gasteiger partial charge in [0.05, 0.1) is 29.6 Å². The fraction of sp³-hybridized carbons (Fsp3) is 0.154. The lowest BCUT2D eigenvalue weighted by atomic mass is 9.99. The average molecular weight is 494 g/mol. The molecule has 1 amide bonds. The van der Waals surface area contributed by atoms with Gasteiger partial charge >= 0.3 is 0 Å². The van der Waals surface area contributed by atoms with Crippen molar-refractivity contribution in [3.63, 3.8) is 0 Å². The Hall–Kier alpha value is -3.98. The zero-order valence-corrected chi connectivity index (χ0v) is 20.2. The molecule has 4 rings (SSSR count). The Bertz CT molecular complexity index is 1520. The van der Waals surface area contributed by atoms with Gasteiger partial charge in [0.2, 0.25) is 5.91 Å². The van der Waals surface area contributed by atoms with Gasteiger partial charge in [0.15, 0.2) is 0 Å². The third kappa shape index (κ3) is 5.25. The minimum Gasteiger partial charge on any atom is -0.495 e. The van der Waals surface area contributed by atoms with Gasteiger partial charge in [0, 0.05) is 16.8 Å². The first kappa shape index (κ1) is 24.2. The summed E-state index contributed by atoms with van der Waals surface area (Å²) < 4.78 is 46.4. The Morgan fingerprint density at radius 2 is 1.74 bits per heavy atom. The van der Waals surface area contributed by atoms with Crippen molar-refractivity contribution in [2.45, 2.75) is 25.2 Å². The molecule has 0 atom stereocenters. The van der Waals surface area contributed by atoms with Gasteiger partial charge in [-0.05, 0) is 73.5 Å². The lowest BCUT2D eigenvalue weighted by Gasteiger charge is -2.15. The SMILES string of the molecule is COc1ccc(NC(=O)Cc2c(C)nc3ccccc3c2C)cc1NS(=O)(=O)c1ccc(F)cc1. The summed E-state index contributed by atoms with van der Waals surface area (Å²) in [6.45, 7) is 3.84. The number of rotatable bonds is 7. The molecular weight excluding hydrogens is 469 g/mol. The summed E-state index contributed by atoms with van der Waals surface area (Å²) in [7, 11) is -2.60. The number of sulfonamides is 1. The number of aromatic nitrogens is 1.